The van der Waals surface area contributed by atoms with Crippen LogP contribution in [-0.2, 0) is 4.74 Å². The Morgan fingerprint density at radius 1 is 1.20 bits per heavy atom. The molecule has 1 fully saturated rings. The predicted octanol–water partition coefficient (Wildman–Crippen LogP) is 5.06. The summed E-state index contributed by atoms with van der Waals surface area (Å²) in [5.74, 6) is 0.929. The molecule has 30 heavy (non-hydrogen) atoms. The van der Waals surface area contributed by atoms with Gasteiger partial charge < -0.3 is 20.3 Å². The van der Waals surface area contributed by atoms with Gasteiger partial charge in [0.25, 0.3) is 0 Å². The molecule has 1 aliphatic rings. The SMILES string of the molecule is CCNC(=NCCCOC(C)c1ccccc1)NC1CCN(c2cccs2)CC1.I. The number of hydrogen-bond acceptors (Lipinski definition) is 4. The Balaban J connectivity index is 0.00000320. The van der Waals surface area contributed by atoms with Crippen molar-refractivity contribution in [3.8, 4) is 0 Å². The van der Waals surface area contributed by atoms with Crippen LogP contribution in [0.1, 0.15) is 44.8 Å². The number of benzene rings is 1. The highest BCUT2D eigenvalue weighted by Gasteiger charge is 2.20. The van der Waals surface area contributed by atoms with Crippen LogP contribution >= 0.6 is 35.3 Å². The zero-order chi connectivity index (χ0) is 20.3. The third-order valence-electron chi connectivity index (χ3n) is 5.21. The minimum Gasteiger partial charge on any atom is -0.374 e. The van der Waals surface area contributed by atoms with Gasteiger partial charge in [0, 0.05) is 38.8 Å². The van der Waals surface area contributed by atoms with Crippen molar-refractivity contribution in [3.63, 3.8) is 0 Å². The number of ether oxygens (including phenoxy) is 1. The maximum atomic E-state index is 5.95. The Morgan fingerprint density at radius 2 is 1.97 bits per heavy atom. The molecule has 7 heteroatoms. The summed E-state index contributed by atoms with van der Waals surface area (Å²) in [6.07, 6.45) is 3.32. The van der Waals surface area contributed by atoms with Gasteiger partial charge in [0.2, 0.25) is 0 Å². The highest BCUT2D eigenvalue weighted by atomic mass is 127. The Bertz CT molecular complexity index is 718. The number of guanidine groups is 1. The number of anilines is 1. The van der Waals surface area contributed by atoms with Gasteiger partial charge >= 0.3 is 0 Å². The third-order valence-corrected chi connectivity index (χ3v) is 6.14. The van der Waals surface area contributed by atoms with Crippen LogP contribution in [0.2, 0.25) is 0 Å². The average molecular weight is 543 g/mol. The number of hydrogen-bond donors (Lipinski definition) is 2. The van der Waals surface area contributed by atoms with Crippen molar-refractivity contribution in [2.75, 3.05) is 37.7 Å². The lowest BCUT2D eigenvalue weighted by atomic mass is 10.1. The van der Waals surface area contributed by atoms with Crippen molar-refractivity contribution in [2.45, 2.75) is 45.3 Å². The summed E-state index contributed by atoms with van der Waals surface area (Å²) in [7, 11) is 0. The van der Waals surface area contributed by atoms with E-state index in [0.717, 1.165) is 58.0 Å². The minimum atomic E-state index is 0. The van der Waals surface area contributed by atoms with E-state index >= 15 is 0 Å². The molecule has 166 valence electrons. The monoisotopic (exact) mass is 542 g/mol. The molecule has 1 saturated heterocycles. The molecule has 1 unspecified atom stereocenters. The van der Waals surface area contributed by atoms with E-state index in [4.69, 9.17) is 9.73 Å². The zero-order valence-corrected chi connectivity index (χ0v) is 21.2. The fourth-order valence-corrected chi connectivity index (χ4v) is 4.33. The fraction of sp³-hybridized carbons (Fsp3) is 0.522. The average Bonchev–Trinajstić information content (AvgIpc) is 3.29. The first-order valence-electron chi connectivity index (χ1n) is 10.8. The number of thiophene rings is 1. The number of piperidine rings is 1. The lowest BCUT2D eigenvalue weighted by Gasteiger charge is -2.33. The van der Waals surface area contributed by atoms with Gasteiger partial charge in [-0.25, -0.2) is 0 Å². The molecule has 5 nitrogen and oxygen atoms in total. The summed E-state index contributed by atoms with van der Waals surface area (Å²) >= 11 is 1.83. The topological polar surface area (TPSA) is 48.9 Å². The normalized spacial score (nSPS) is 16.1. The number of nitrogens with one attached hydrogen (secondary N) is 2. The number of nitrogens with zero attached hydrogens (tertiary/aromatic N) is 2. The van der Waals surface area contributed by atoms with Gasteiger partial charge in [-0.05, 0) is 56.2 Å². The second-order valence-corrected chi connectivity index (χ2v) is 8.32. The van der Waals surface area contributed by atoms with E-state index in [-0.39, 0.29) is 30.1 Å². The molecule has 0 aliphatic carbocycles. The lowest BCUT2D eigenvalue weighted by molar-refractivity contribution is 0.0652. The van der Waals surface area contributed by atoms with Crippen molar-refractivity contribution in [1.29, 1.82) is 0 Å². The van der Waals surface area contributed by atoms with Crippen LogP contribution in [0, 0.1) is 0 Å². The first-order chi connectivity index (χ1) is 14.3. The first kappa shape index (κ1) is 24.9. The molecule has 0 bridgehead atoms. The Morgan fingerprint density at radius 3 is 2.63 bits per heavy atom. The van der Waals surface area contributed by atoms with Gasteiger partial charge in [-0.1, -0.05) is 30.3 Å². The second kappa shape index (κ2) is 13.9. The summed E-state index contributed by atoms with van der Waals surface area (Å²) < 4.78 is 5.95. The molecule has 1 aromatic carbocycles. The molecule has 1 atom stereocenters. The van der Waals surface area contributed by atoms with Crippen LogP contribution in [-0.4, -0.2) is 44.8 Å². The number of halogens is 1. The maximum Gasteiger partial charge on any atom is 0.191 e. The summed E-state index contributed by atoms with van der Waals surface area (Å²) in [6.45, 7) is 8.78. The van der Waals surface area contributed by atoms with Gasteiger partial charge in [0.1, 0.15) is 0 Å². The minimum absolute atomic E-state index is 0. The zero-order valence-electron chi connectivity index (χ0n) is 18.0. The second-order valence-electron chi connectivity index (χ2n) is 7.39. The van der Waals surface area contributed by atoms with Crippen LogP contribution in [0.3, 0.4) is 0 Å². The Labute approximate surface area is 202 Å². The Hall–Kier alpha value is -1.32. The van der Waals surface area contributed by atoms with Crippen molar-refractivity contribution in [1.82, 2.24) is 10.6 Å². The Kier molecular flexibility index (Phi) is 11.5. The molecule has 0 saturated carbocycles. The molecular weight excluding hydrogens is 507 g/mol. The van der Waals surface area contributed by atoms with E-state index < -0.39 is 0 Å². The van der Waals surface area contributed by atoms with Crippen molar-refractivity contribution in [2.24, 2.45) is 4.99 Å². The van der Waals surface area contributed by atoms with Crippen LogP contribution < -0.4 is 15.5 Å². The van der Waals surface area contributed by atoms with Gasteiger partial charge in [0.15, 0.2) is 5.96 Å². The van der Waals surface area contributed by atoms with Crippen LogP contribution in [0.25, 0.3) is 0 Å². The van der Waals surface area contributed by atoms with Crippen molar-refractivity contribution >= 4 is 46.3 Å². The van der Waals surface area contributed by atoms with E-state index in [1.807, 2.05) is 17.4 Å². The number of rotatable bonds is 9. The molecule has 2 heterocycles. The molecule has 2 aromatic rings. The molecular formula is C23H35IN4OS. The molecule has 0 amide bonds. The molecule has 0 radical (unpaired) electrons. The largest absolute Gasteiger partial charge is 0.374 e. The third kappa shape index (κ3) is 8.07. The molecule has 1 aliphatic heterocycles. The summed E-state index contributed by atoms with van der Waals surface area (Å²) in [5.41, 5.74) is 1.22. The smallest absolute Gasteiger partial charge is 0.191 e. The van der Waals surface area contributed by atoms with E-state index in [2.05, 4.69) is 71.2 Å². The molecule has 3 rings (SSSR count). The standard InChI is InChI=1S/C23H34N4OS.HI/c1-3-24-23(25-14-8-17-28-19(2)20-9-5-4-6-10-20)26-21-12-15-27(16-13-21)22-11-7-18-29-22;/h4-7,9-11,18-19,21H,3,8,12-17H2,1-2H3,(H2,24,25,26);1H. The van der Waals surface area contributed by atoms with E-state index in [9.17, 15) is 0 Å². The predicted molar refractivity (Wildman–Crippen MR) is 140 cm³/mol. The van der Waals surface area contributed by atoms with Crippen molar-refractivity contribution in [3.05, 3.63) is 53.4 Å². The quantitative estimate of drug-likeness (QED) is 0.201. The summed E-state index contributed by atoms with van der Waals surface area (Å²) in [5, 5.41) is 10.5. The van der Waals surface area contributed by atoms with Gasteiger partial charge in [-0.3, -0.25) is 4.99 Å². The van der Waals surface area contributed by atoms with Gasteiger partial charge in [-0.15, -0.1) is 35.3 Å². The van der Waals surface area contributed by atoms with E-state index in [1.54, 1.807) is 0 Å². The van der Waals surface area contributed by atoms with E-state index in [0.29, 0.717) is 6.04 Å². The molecule has 1 aromatic heterocycles. The van der Waals surface area contributed by atoms with Crippen LogP contribution in [0.4, 0.5) is 5.00 Å². The highest BCUT2D eigenvalue weighted by Crippen LogP contribution is 2.24. The number of aliphatic imine (C=N–C) groups is 1. The summed E-state index contributed by atoms with van der Waals surface area (Å²) in [4.78, 5) is 7.23. The van der Waals surface area contributed by atoms with Crippen LogP contribution in [0.5, 0.6) is 0 Å². The maximum absolute atomic E-state index is 5.95. The first-order valence-corrected chi connectivity index (χ1v) is 11.6. The van der Waals surface area contributed by atoms with Crippen LogP contribution in [0.15, 0.2) is 52.8 Å². The molecule has 0 spiro atoms. The van der Waals surface area contributed by atoms with Gasteiger partial charge in [0.05, 0.1) is 11.1 Å². The highest BCUT2D eigenvalue weighted by molar-refractivity contribution is 14.0. The lowest BCUT2D eigenvalue weighted by Crippen LogP contribution is -2.48. The van der Waals surface area contributed by atoms with Gasteiger partial charge in [-0.2, -0.15) is 0 Å². The summed E-state index contributed by atoms with van der Waals surface area (Å²) in [6, 6.07) is 15.2. The molecule has 2 N–H and O–H groups in total. The van der Waals surface area contributed by atoms with E-state index in [1.165, 1.54) is 10.6 Å². The van der Waals surface area contributed by atoms with Crippen molar-refractivity contribution < 1.29 is 4.74 Å². The fourth-order valence-electron chi connectivity index (χ4n) is 3.54.